The van der Waals surface area contributed by atoms with Crippen LogP contribution in [0, 0.1) is 10.1 Å². The zero-order valence-electron chi connectivity index (χ0n) is 12.2. The predicted octanol–water partition coefficient (Wildman–Crippen LogP) is 3.77. The number of benzene rings is 2. The Morgan fingerprint density at radius 2 is 1.75 bits per heavy atom. The van der Waals surface area contributed by atoms with Crippen molar-refractivity contribution in [3.8, 4) is 0 Å². The Morgan fingerprint density at radius 3 is 2.33 bits per heavy atom. The molecule has 6 nitrogen and oxygen atoms in total. The number of nitrogens with zero attached hydrogens (tertiary/aromatic N) is 1. The highest BCUT2D eigenvalue weighted by molar-refractivity contribution is 7.80. The number of nitro benzene ring substituents is 1. The highest BCUT2D eigenvalue weighted by Crippen LogP contribution is 2.15. The van der Waals surface area contributed by atoms with Crippen molar-refractivity contribution in [2.45, 2.75) is 0 Å². The SMILES string of the molecule is O=C(C=Cc1ccc(Cl)cc1)NC(=S)Nc1ccc([N+](=O)[O-])cc1. The summed E-state index contributed by atoms with van der Waals surface area (Å²) in [5.74, 6) is -0.399. The van der Waals surface area contributed by atoms with Crippen LogP contribution in [0.1, 0.15) is 5.56 Å². The van der Waals surface area contributed by atoms with Gasteiger partial charge in [0.2, 0.25) is 5.91 Å². The van der Waals surface area contributed by atoms with Crippen LogP contribution in [0.25, 0.3) is 6.08 Å². The second-order valence-corrected chi connectivity index (χ2v) is 5.48. The van der Waals surface area contributed by atoms with Crippen LogP contribution in [0.5, 0.6) is 0 Å². The number of hydrogen-bond acceptors (Lipinski definition) is 4. The highest BCUT2D eigenvalue weighted by Gasteiger charge is 2.05. The molecule has 2 aromatic carbocycles. The molecule has 0 saturated carbocycles. The van der Waals surface area contributed by atoms with Gasteiger partial charge in [0.25, 0.3) is 5.69 Å². The summed E-state index contributed by atoms with van der Waals surface area (Å²) in [4.78, 5) is 21.9. The maximum atomic E-state index is 11.8. The van der Waals surface area contributed by atoms with Gasteiger partial charge < -0.3 is 5.32 Å². The molecule has 0 radical (unpaired) electrons. The number of nitrogens with one attached hydrogen (secondary N) is 2. The molecule has 0 unspecified atom stereocenters. The minimum atomic E-state index is -0.495. The Morgan fingerprint density at radius 1 is 1.12 bits per heavy atom. The van der Waals surface area contributed by atoms with Gasteiger partial charge in [-0.2, -0.15) is 0 Å². The van der Waals surface area contributed by atoms with Crippen molar-refractivity contribution in [2.24, 2.45) is 0 Å². The van der Waals surface area contributed by atoms with Crippen molar-refractivity contribution in [2.75, 3.05) is 5.32 Å². The number of carbonyl (C=O) groups is 1. The number of amides is 1. The molecule has 0 fully saturated rings. The molecule has 0 atom stereocenters. The lowest BCUT2D eigenvalue weighted by Crippen LogP contribution is -2.32. The van der Waals surface area contributed by atoms with Crippen molar-refractivity contribution >= 4 is 52.3 Å². The van der Waals surface area contributed by atoms with Crippen LogP contribution in [0.15, 0.2) is 54.6 Å². The predicted molar refractivity (Wildman–Crippen MR) is 97.9 cm³/mol. The lowest BCUT2D eigenvalue weighted by atomic mass is 10.2. The first-order chi connectivity index (χ1) is 11.4. The van der Waals surface area contributed by atoms with E-state index in [0.29, 0.717) is 10.7 Å². The van der Waals surface area contributed by atoms with Gasteiger partial charge in [0.05, 0.1) is 4.92 Å². The molecule has 0 aromatic heterocycles. The van der Waals surface area contributed by atoms with E-state index in [4.69, 9.17) is 23.8 Å². The van der Waals surface area contributed by atoms with Crippen molar-refractivity contribution in [3.05, 3.63) is 75.3 Å². The third kappa shape index (κ3) is 5.45. The van der Waals surface area contributed by atoms with Gasteiger partial charge in [-0.05, 0) is 48.1 Å². The normalized spacial score (nSPS) is 10.4. The van der Waals surface area contributed by atoms with E-state index >= 15 is 0 Å². The molecule has 0 bridgehead atoms. The molecule has 1 amide bonds. The van der Waals surface area contributed by atoms with Crippen LogP contribution >= 0.6 is 23.8 Å². The van der Waals surface area contributed by atoms with E-state index in [0.717, 1.165) is 5.56 Å². The fourth-order valence-electron chi connectivity index (χ4n) is 1.73. The second kappa shape index (κ2) is 8.19. The van der Waals surface area contributed by atoms with Gasteiger partial charge in [0, 0.05) is 28.9 Å². The molecule has 2 aromatic rings. The number of anilines is 1. The second-order valence-electron chi connectivity index (χ2n) is 4.63. The Bertz CT molecular complexity index is 789. The highest BCUT2D eigenvalue weighted by atomic mass is 35.5. The third-order valence-corrected chi connectivity index (χ3v) is 3.33. The molecule has 0 saturated heterocycles. The van der Waals surface area contributed by atoms with E-state index in [1.807, 2.05) is 0 Å². The maximum absolute atomic E-state index is 11.8. The van der Waals surface area contributed by atoms with Crippen LogP contribution in [0.4, 0.5) is 11.4 Å². The maximum Gasteiger partial charge on any atom is 0.269 e. The quantitative estimate of drug-likeness (QED) is 0.375. The van der Waals surface area contributed by atoms with Crippen molar-refractivity contribution in [1.82, 2.24) is 5.32 Å². The van der Waals surface area contributed by atoms with Gasteiger partial charge in [-0.15, -0.1) is 0 Å². The minimum absolute atomic E-state index is 0.0265. The van der Waals surface area contributed by atoms with Crippen molar-refractivity contribution < 1.29 is 9.72 Å². The van der Waals surface area contributed by atoms with Crippen LogP contribution in [0.3, 0.4) is 0 Å². The lowest BCUT2D eigenvalue weighted by Gasteiger charge is -2.07. The standard InChI is InChI=1S/C16H12ClN3O3S/c17-12-4-1-11(2-5-12)3-10-15(21)19-16(24)18-13-6-8-14(9-7-13)20(22)23/h1-10H,(H2,18,19,21,24). The third-order valence-electron chi connectivity index (χ3n) is 2.87. The molecule has 0 aliphatic rings. The molecule has 0 aliphatic carbocycles. The molecule has 8 heteroatoms. The van der Waals surface area contributed by atoms with Gasteiger partial charge in [0.1, 0.15) is 0 Å². The number of nitro groups is 1. The first kappa shape index (κ1) is 17.6. The van der Waals surface area contributed by atoms with E-state index in [1.54, 1.807) is 30.3 Å². The van der Waals surface area contributed by atoms with E-state index in [9.17, 15) is 14.9 Å². The molecule has 2 rings (SSSR count). The fourth-order valence-corrected chi connectivity index (χ4v) is 2.07. The van der Waals surface area contributed by atoms with E-state index in [1.165, 1.54) is 30.3 Å². The van der Waals surface area contributed by atoms with Gasteiger partial charge in [-0.1, -0.05) is 23.7 Å². The molecular formula is C16H12ClN3O3S. The monoisotopic (exact) mass is 361 g/mol. The van der Waals surface area contributed by atoms with E-state index < -0.39 is 10.8 Å². The number of hydrogen-bond donors (Lipinski definition) is 2. The smallest absolute Gasteiger partial charge is 0.269 e. The van der Waals surface area contributed by atoms with Crippen LogP contribution < -0.4 is 10.6 Å². The lowest BCUT2D eigenvalue weighted by molar-refractivity contribution is -0.384. The summed E-state index contributed by atoms with van der Waals surface area (Å²) in [5.41, 5.74) is 1.33. The molecule has 2 N–H and O–H groups in total. The molecule has 122 valence electrons. The Balaban J connectivity index is 1.88. The van der Waals surface area contributed by atoms with Gasteiger partial charge in [-0.3, -0.25) is 20.2 Å². The number of thiocarbonyl (C=S) groups is 1. The molecule has 0 spiro atoms. The van der Waals surface area contributed by atoms with Crippen LogP contribution in [-0.4, -0.2) is 15.9 Å². The van der Waals surface area contributed by atoms with E-state index in [-0.39, 0.29) is 10.8 Å². The fraction of sp³-hybridized carbons (Fsp3) is 0. The molecule has 0 heterocycles. The number of halogens is 1. The number of carbonyl (C=O) groups excluding carboxylic acids is 1. The summed E-state index contributed by atoms with van der Waals surface area (Å²) in [6, 6.07) is 12.7. The van der Waals surface area contributed by atoms with Crippen LogP contribution in [-0.2, 0) is 4.79 Å². The van der Waals surface area contributed by atoms with Crippen molar-refractivity contribution in [1.29, 1.82) is 0 Å². The minimum Gasteiger partial charge on any atom is -0.332 e. The average Bonchev–Trinajstić information content (AvgIpc) is 2.54. The van der Waals surface area contributed by atoms with E-state index in [2.05, 4.69) is 10.6 Å². The van der Waals surface area contributed by atoms with Gasteiger partial charge in [-0.25, -0.2) is 0 Å². The number of non-ortho nitro benzene ring substituents is 1. The zero-order valence-corrected chi connectivity index (χ0v) is 13.8. The Labute approximate surface area is 148 Å². The topological polar surface area (TPSA) is 84.3 Å². The molecule has 0 aliphatic heterocycles. The van der Waals surface area contributed by atoms with Crippen molar-refractivity contribution in [3.63, 3.8) is 0 Å². The summed E-state index contributed by atoms with van der Waals surface area (Å²) in [5, 5.41) is 16.5. The zero-order chi connectivity index (χ0) is 17.5. The number of rotatable bonds is 4. The summed E-state index contributed by atoms with van der Waals surface area (Å²) < 4.78 is 0. The first-order valence-corrected chi connectivity index (χ1v) is 7.53. The Kier molecular flexibility index (Phi) is 6.00. The largest absolute Gasteiger partial charge is 0.332 e. The molecule has 24 heavy (non-hydrogen) atoms. The summed E-state index contributed by atoms with van der Waals surface area (Å²) in [6.07, 6.45) is 2.97. The van der Waals surface area contributed by atoms with Gasteiger partial charge >= 0.3 is 0 Å². The summed E-state index contributed by atoms with van der Waals surface area (Å²) in [6.45, 7) is 0. The summed E-state index contributed by atoms with van der Waals surface area (Å²) in [7, 11) is 0. The Hall–Kier alpha value is -2.77. The van der Waals surface area contributed by atoms with Gasteiger partial charge in [0.15, 0.2) is 5.11 Å². The molecular weight excluding hydrogens is 350 g/mol. The van der Waals surface area contributed by atoms with Crippen LogP contribution in [0.2, 0.25) is 5.02 Å². The summed E-state index contributed by atoms with van der Waals surface area (Å²) >= 11 is 10.8. The average molecular weight is 362 g/mol. The first-order valence-electron chi connectivity index (χ1n) is 6.74.